The molecule has 12 heteroatoms. The smallest absolute Gasteiger partial charge is 0.410 e. The minimum atomic E-state index is -0.486. The van der Waals surface area contributed by atoms with E-state index in [0.29, 0.717) is 18.7 Å². The van der Waals surface area contributed by atoms with Gasteiger partial charge in [-0.3, -0.25) is 4.90 Å². The minimum Gasteiger partial charge on any atom is -0.444 e. The second-order valence-electron chi connectivity index (χ2n) is 11.9. The number of rotatable bonds is 5. The highest BCUT2D eigenvalue weighted by Gasteiger charge is 2.27. The van der Waals surface area contributed by atoms with E-state index in [9.17, 15) is 4.79 Å². The average molecular weight is 638 g/mol. The number of carbonyl (C=O) groups is 1. The predicted octanol–water partition coefficient (Wildman–Crippen LogP) is 5.06. The lowest BCUT2D eigenvalue weighted by atomic mass is 10.1. The van der Waals surface area contributed by atoms with Crippen molar-refractivity contribution in [3.05, 3.63) is 52.5 Å². The Balaban J connectivity index is 1.12. The molecule has 222 valence electrons. The molecule has 4 aromatic rings. The molecular formula is C30H37BrN8O3. The molecule has 0 radical (unpaired) electrons. The quantitative estimate of drug-likeness (QED) is 0.321. The largest absolute Gasteiger partial charge is 0.444 e. The number of hydrogen-bond acceptors (Lipinski definition) is 9. The number of imidazole rings is 1. The van der Waals surface area contributed by atoms with E-state index < -0.39 is 5.60 Å². The molecular weight excluding hydrogens is 600 g/mol. The number of benzene rings is 1. The topological polar surface area (TPSA) is 107 Å². The number of H-pyrrole nitrogens is 1. The number of aromatic nitrogens is 4. The van der Waals surface area contributed by atoms with E-state index in [-0.39, 0.29) is 6.09 Å². The molecule has 0 atom stereocenters. The molecule has 0 saturated carbocycles. The zero-order valence-electron chi connectivity index (χ0n) is 24.6. The third-order valence-electron chi connectivity index (χ3n) is 7.64. The first kappa shape index (κ1) is 28.5. The minimum absolute atomic E-state index is 0.245. The third kappa shape index (κ3) is 6.24. The molecule has 0 aliphatic carbocycles. The molecule has 0 bridgehead atoms. The summed E-state index contributed by atoms with van der Waals surface area (Å²) in [5.74, 6) is 1.63. The number of ether oxygens (including phenoxy) is 1. The number of pyridine rings is 1. The van der Waals surface area contributed by atoms with Gasteiger partial charge >= 0.3 is 6.09 Å². The number of hydrogen-bond donors (Lipinski definition) is 1. The van der Waals surface area contributed by atoms with E-state index >= 15 is 0 Å². The van der Waals surface area contributed by atoms with Crippen LogP contribution in [-0.2, 0) is 11.3 Å². The highest BCUT2D eigenvalue weighted by Crippen LogP contribution is 2.35. The Morgan fingerprint density at radius 1 is 1.02 bits per heavy atom. The lowest BCUT2D eigenvalue weighted by molar-refractivity contribution is 0.0240. The van der Waals surface area contributed by atoms with Crippen LogP contribution < -0.4 is 9.80 Å². The fourth-order valence-electron chi connectivity index (χ4n) is 5.52. The van der Waals surface area contributed by atoms with E-state index in [1.54, 1.807) is 4.90 Å². The summed E-state index contributed by atoms with van der Waals surface area (Å²) < 4.78 is 11.7. The molecule has 1 aromatic carbocycles. The fourth-order valence-corrected chi connectivity index (χ4v) is 6.07. The van der Waals surface area contributed by atoms with Crippen molar-refractivity contribution in [2.45, 2.75) is 39.8 Å². The van der Waals surface area contributed by atoms with Gasteiger partial charge in [0.1, 0.15) is 22.7 Å². The highest BCUT2D eigenvalue weighted by molar-refractivity contribution is 9.10. The number of nitrogens with zero attached hydrogens (tertiary/aromatic N) is 7. The summed E-state index contributed by atoms with van der Waals surface area (Å²) in [4.78, 5) is 34.3. The number of fused-ring (bicyclic) bond motifs is 1. The maximum atomic E-state index is 12.4. The van der Waals surface area contributed by atoms with E-state index in [0.717, 1.165) is 90.0 Å². The van der Waals surface area contributed by atoms with Crippen LogP contribution in [0.3, 0.4) is 0 Å². The molecule has 1 amide bonds. The van der Waals surface area contributed by atoms with Crippen molar-refractivity contribution >= 4 is 44.6 Å². The summed E-state index contributed by atoms with van der Waals surface area (Å²) in [5, 5.41) is 4.14. The number of amides is 1. The monoisotopic (exact) mass is 636 g/mol. The molecule has 2 aliphatic heterocycles. The van der Waals surface area contributed by atoms with Gasteiger partial charge in [0.2, 0.25) is 0 Å². The molecule has 3 aromatic heterocycles. The summed E-state index contributed by atoms with van der Waals surface area (Å²) >= 11 is 3.75. The molecule has 2 saturated heterocycles. The summed E-state index contributed by atoms with van der Waals surface area (Å²) in [5.41, 5.74) is 5.34. The number of carbonyl (C=O) groups excluding carboxylic acids is 1. The standard InChI is InChI=1S/C30H37BrN8O3/c1-20-17-22(35-42-20)19-36-9-11-38(12-10-36)26-24(31)18-32-28-25(26)33-27(34-28)21-5-7-23(8-6-21)37-13-15-39(16-14-37)29(40)41-30(2,3)4/h5-8,17-18H,9-16,19H2,1-4H3,(H,32,33,34). The van der Waals surface area contributed by atoms with Crippen LogP contribution in [0.4, 0.5) is 16.2 Å². The lowest BCUT2D eigenvalue weighted by Gasteiger charge is -2.36. The molecule has 2 aliphatic rings. The van der Waals surface area contributed by atoms with Crippen LogP contribution in [0, 0.1) is 6.92 Å². The van der Waals surface area contributed by atoms with Crippen molar-refractivity contribution in [1.29, 1.82) is 0 Å². The Hall–Kier alpha value is -3.64. The molecule has 0 spiro atoms. The van der Waals surface area contributed by atoms with Gasteiger partial charge in [0.25, 0.3) is 0 Å². The van der Waals surface area contributed by atoms with Crippen LogP contribution in [0.5, 0.6) is 0 Å². The summed E-state index contributed by atoms with van der Waals surface area (Å²) in [6.45, 7) is 14.8. The van der Waals surface area contributed by atoms with Crippen LogP contribution in [0.2, 0.25) is 0 Å². The summed E-state index contributed by atoms with van der Waals surface area (Å²) in [6, 6.07) is 10.4. The van der Waals surface area contributed by atoms with Crippen molar-refractivity contribution in [2.75, 3.05) is 62.2 Å². The number of halogens is 1. The van der Waals surface area contributed by atoms with Gasteiger partial charge in [0.15, 0.2) is 5.65 Å². The van der Waals surface area contributed by atoms with Gasteiger partial charge in [0, 0.05) is 82.4 Å². The second kappa shape index (κ2) is 11.6. The molecule has 42 heavy (non-hydrogen) atoms. The normalized spacial score (nSPS) is 16.8. The second-order valence-corrected chi connectivity index (χ2v) is 12.8. The first-order valence-electron chi connectivity index (χ1n) is 14.4. The van der Waals surface area contributed by atoms with Crippen LogP contribution in [0.25, 0.3) is 22.6 Å². The van der Waals surface area contributed by atoms with Gasteiger partial charge in [-0.05, 0) is 67.9 Å². The summed E-state index contributed by atoms with van der Waals surface area (Å²) in [6.07, 6.45) is 1.60. The molecule has 2 fully saturated rings. The van der Waals surface area contributed by atoms with Gasteiger partial charge in [-0.15, -0.1) is 0 Å². The van der Waals surface area contributed by atoms with Gasteiger partial charge in [0.05, 0.1) is 15.9 Å². The van der Waals surface area contributed by atoms with E-state index in [2.05, 4.69) is 70.0 Å². The van der Waals surface area contributed by atoms with E-state index in [4.69, 9.17) is 14.2 Å². The Bertz CT molecular complexity index is 1550. The molecule has 6 rings (SSSR count). The number of nitrogens with one attached hydrogen (secondary N) is 1. The molecule has 11 nitrogen and oxygen atoms in total. The predicted molar refractivity (Wildman–Crippen MR) is 166 cm³/mol. The van der Waals surface area contributed by atoms with Crippen molar-refractivity contribution in [3.8, 4) is 11.4 Å². The third-order valence-corrected chi connectivity index (χ3v) is 8.22. The molecule has 5 heterocycles. The summed E-state index contributed by atoms with van der Waals surface area (Å²) in [7, 11) is 0. The van der Waals surface area contributed by atoms with Crippen LogP contribution >= 0.6 is 15.9 Å². The van der Waals surface area contributed by atoms with Crippen molar-refractivity contribution < 1.29 is 14.1 Å². The lowest BCUT2D eigenvalue weighted by Crippen LogP contribution is -2.50. The van der Waals surface area contributed by atoms with Gasteiger partial charge < -0.3 is 28.9 Å². The van der Waals surface area contributed by atoms with Gasteiger partial charge in [-0.25, -0.2) is 14.8 Å². The van der Waals surface area contributed by atoms with Gasteiger partial charge in [-0.1, -0.05) is 5.16 Å². The zero-order valence-corrected chi connectivity index (χ0v) is 26.1. The highest BCUT2D eigenvalue weighted by atomic mass is 79.9. The first-order chi connectivity index (χ1) is 20.1. The first-order valence-corrected chi connectivity index (χ1v) is 15.2. The molecule has 0 unspecified atom stereocenters. The van der Waals surface area contributed by atoms with Crippen LogP contribution in [0.15, 0.2) is 45.5 Å². The Labute approximate surface area is 253 Å². The molecule has 1 N–H and O–H groups in total. The fraction of sp³-hybridized carbons (Fsp3) is 0.467. The maximum absolute atomic E-state index is 12.4. The van der Waals surface area contributed by atoms with E-state index in [1.165, 1.54) is 0 Å². The maximum Gasteiger partial charge on any atom is 0.410 e. The SMILES string of the molecule is Cc1cc(CN2CCN(c3c(Br)cnc4nc(-c5ccc(N6CCN(C(=O)OC(C)(C)C)CC6)cc5)[nH]c34)CC2)no1. The van der Waals surface area contributed by atoms with Crippen molar-refractivity contribution in [2.24, 2.45) is 0 Å². The van der Waals surface area contributed by atoms with Crippen molar-refractivity contribution in [1.82, 2.24) is 29.9 Å². The zero-order chi connectivity index (χ0) is 29.4. The number of aromatic amines is 1. The van der Waals surface area contributed by atoms with E-state index in [1.807, 2.05) is 40.0 Å². The van der Waals surface area contributed by atoms with Gasteiger partial charge in [-0.2, -0.15) is 0 Å². The number of piperazine rings is 2. The Morgan fingerprint density at radius 2 is 1.71 bits per heavy atom. The Morgan fingerprint density at radius 3 is 2.36 bits per heavy atom. The van der Waals surface area contributed by atoms with Crippen molar-refractivity contribution in [3.63, 3.8) is 0 Å². The van der Waals surface area contributed by atoms with Crippen LogP contribution in [-0.4, -0.2) is 94.0 Å². The Kier molecular flexibility index (Phi) is 7.84. The average Bonchev–Trinajstić information content (AvgIpc) is 3.59. The number of aryl methyl sites for hydroxylation is 1. The van der Waals surface area contributed by atoms with Crippen LogP contribution in [0.1, 0.15) is 32.2 Å². The number of anilines is 2.